The molecule has 0 radical (unpaired) electrons. The number of carbonyl (C=O) groups is 1. The van der Waals surface area contributed by atoms with E-state index in [1.165, 1.54) is 27.5 Å². The number of halogens is 1. The molecule has 8 heteroatoms. The second-order valence-corrected chi connectivity index (χ2v) is 5.86. The predicted molar refractivity (Wildman–Crippen MR) is 104 cm³/mol. The van der Waals surface area contributed by atoms with Gasteiger partial charge in [0, 0.05) is 10.6 Å². The normalized spacial score (nSPS) is 10.6. The molecule has 0 fully saturated rings. The molecule has 0 spiro atoms. The Bertz CT molecular complexity index is 814. The van der Waals surface area contributed by atoms with Gasteiger partial charge in [-0.15, -0.1) is 0 Å². The van der Waals surface area contributed by atoms with Crippen LogP contribution in [0.5, 0.6) is 23.0 Å². The summed E-state index contributed by atoms with van der Waals surface area (Å²) in [5.74, 6) is 1.62. The summed E-state index contributed by atoms with van der Waals surface area (Å²) >= 11 is 5.95. The van der Waals surface area contributed by atoms with Crippen LogP contribution >= 0.6 is 11.6 Å². The lowest BCUT2D eigenvalue weighted by atomic mass is 10.2. The number of rotatable bonds is 8. The summed E-state index contributed by atoms with van der Waals surface area (Å²) in [4.78, 5) is 11.9. The Kier molecular flexibility index (Phi) is 7.31. The Morgan fingerprint density at radius 1 is 1.11 bits per heavy atom. The van der Waals surface area contributed by atoms with E-state index in [0.29, 0.717) is 33.6 Å². The number of methoxy groups -OCH3 is 3. The van der Waals surface area contributed by atoms with E-state index in [1.54, 1.807) is 30.3 Å². The average molecular weight is 393 g/mol. The van der Waals surface area contributed by atoms with Gasteiger partial charge in [0.25, 0.3) is 5.91 Å². The third-order valence-electron chi connectivity index (χ3n) is 3.59. The summed E-state index contributed by atoms with van der Waals surface area (Å²) in [6.45, 7) is 1.69. The molecule has 0 aromatic heterocycles. The molecular formula is C19H21ClN2O5. The van der Waals surface area contributed by atoms with Gasteiger partial charge in [-0.25, -0.2) is 5.43 Å². The number of nitrogens with zero attached hydrogens (tertiary/aromatic N) is 1. The van der Waals surface area contributed by atoms with Gasteiger partial charge in [0.15, 0.2) is 18.1 Å². The Morgan fingerprint density at radius 2 is 1.78 bits per heavy atom. The smallest absolute Gasteiger partial charge is 0.277 e. The van der Waals surface area contributed by atoms with E-state index in [0.717, 1.165) is 5.56 Å². The lowest BCUT2D eigenvalue weighted by Crippen LogP contribution is -2.24. The second kappa shape index (κ2) is 9.68. The number of ether oxygens (including phenoxy) is 4. The van der Waals surface area contributed by atoms with E-state index in [9.17, 15) is 4.79 Å². The van der Waals surface area contributed by atoms with Crippen LogP contribution in [-0.2, 0) is 4.79 Å². The number of benzene rings is 2. The second-order valence-electron chi connectivity index (χ2n) is 5.45. The molecule has 144 valence electrons. The lowest BCUT2D eigenvalue weighted by Gasteiger charge is -2.12. The Labute approximate surface area is 162 Å². The van der Waals surface area contributed by atoms with Crippen molar-refractivity contribution in [3.8, 4) is 23.0 Å². The minimum Gasteiger partial charge on any atom is -0.493 e. The molecule has 0 aliphatic carbocycles. The molecule has 0 atom stereocenters. The molecule has 2 rings (SSSR count). The van der Waals surface area contributed by atoms with Crippen molar-refractivity contribution in [2.75, 3.05) is 27.9 Å². The number of carbonyl (C=O) groups excluding carboxylic acids is 1. The van der Waals surface area contributed by atoms with Crippen LogP contribution in [0.2, 0.25) is 5.02 Å². The van der Waals surface area contributed by atoms with Gasteiger partial charge in [-0.1, -0.05) is 11.6 Å². The number of hydrazone groups is 1. The highest BCUT2D eigenvalue weighted by Crippen LogP contribution is 2.37. The van der Waals surface area contributed by atoms with Crippen LogP contribution in [0.15, 0.2) is 35.4 Å². The van der Waals surface area contributed by atoms with Crippen LogP contribution in [0, 0.1) is 6.92 Å². The van der Waals surface area contributed by atoms with Crippen LogP contribution in [0.4, 0.5) is 0 Å². The molecule has 1 amide bonds. The SMILES string of the molecule is COc1cc(C=NNC(=O)COc2ccc(Cl)c(C)c2)cc(OC)c1OC. The monoisotopic (exact) mass is 392 g/mol. The highest BCUT2D eigenvalue weighted by molar-refractivity contribution is 6.31. The molecule has 1 N–H and O–H groups in total. The molecule has 0 unspecified atom stereocenters. The van der Waals surface area contributed by atoms with Gasteiger partial charge < -0.3 is 18.9 Å². The predicted octanol–water partition coefficient (Wildman–Crippen LogP) is 3.20. The summed E-state index contributed by atoms with van der Waals surface area (Å²) in [6.07, 6.45) is 1.47. The minimum absolute atomic E-state index is 0.173. The molecular weight excluding hydrogens is 372 g/mol. The van der Waals surface area contributed by atoms with Gasteiger partial charge in [-0.2, -0.15) is 5.10 Å². The van der Waals surface area contributed by atoms with Crippen molar-refractivity contribution < 1.29 is 23.7 Å². The molecule has 27 heavy (non-hydrogen) atoms. The quantitative estimate of drug-likeness (QED) is 0.551. The van der Waals surface area contributed by atoms with E-state index in [4.69, 9.17) is 30.5 Å². The average Bonchev–Trinajstić information content (AvgIpc) is 2.68. The molecule has 0 saturated heterocycles. The Balaban J connectivity index is 1.96. The Hall–Kier alpha value is -2.93. The molecule has 2 aromatic carbocycles. The van der Waals surface area contributed by atoms with E-state index >= 15 is 0 Å². The molecule has 2 aromatic rings. The summed E-state index contributed by atoms with van der Waals surface area (Å²) in [6, 6.07) is 8.59. The zero-order valence-corrected chi connectivity index (χ0v) is 16.3. The number of amides is 1. The molecule has 0 aliphatic heterocycles. The van der Waals surface area contributed by atoms with Gasteiger partial charge >= 0.3 is 0 Å². The summed E-state index contributed by atoms with van der Waals surface area (Å²) in [7, 11) is 4.57. The van der Waals surface area contributed by atoms with Crippen molar-refractivity contribution in [3.05, 3.63) is 46.5 Å². The highest BCUT2D eigenvalue weighted by atomic mass is 35.5. The molecule has 0 bridgehead atoms. The van der Waals surface area contributed by atoms with Crippen LogP contribution in [0.25, 0.3) is 0 Å². The molecule has 0 saturated carbocycles. The van der Waals surface area contributed by atoms with Gasteiger partial charge in [-0.3, -0.25) is 4.79 Å². The van der Waals surface area contributed by atoms with E-state index in [-0.39, 0.29) is 6.61 Å². The first kappa shape index (κ1) is 20.4. The van der Waals surface area contributed by atoms with Gasteiger partial charge in [-0.05, 0) is 42.8 Å². The molecule has 0 aliphatic rings. The zero-order chi connectivity index (χ0) is 19.8. The fourth-order valence-electron chi connectivity index (χ4n) is 2.24. The van der Waals surface area contributed by atoms with Crippen LogP contribution in [-0.4, -0.2) is 40.1 Å². The maximum Gasteiger partial charge on any atom is 0.277 e. The van der Waals surface area contributed by atoms with Gasteiger partial charge in [0.1, 0.15) is 5.75 Å². The summed E-state index contributed by atoms with van der Waals surface area (Å²) < 4.78 is 21.2. The van der Waals surface area contributed by atoms with Crippen molar-refractivity contribution in [1.82, 2.24) is 5.43 Å². The molecule has 7 nitrogen and oxygen atoms in total. The Morgan fingerprint density at radius 3 is 2.33 bits per heavy atom. The van der Waals surface area contributed by atoms with Crippen LogP contribution in [0.3, 0.4) is 0 Å². The van der Waals surface area contributed by atoms with Gasteiger partial charge in [0.05, 0.1) is 27.5 Å². The van der Waals surface area contributed by atoms with Gasteiger partial charge in [0.2, 0.25) is 5.75 Å². The van der Waals surface area contributed by atoms with Crippen LogP contribution in [0.1, 0.15) is 11.1 Å². The highest BCUT2D eigenvalue weighted by Gasteiger charge is 2.12. The number of nitrogens with one attached hydrogen (secondary N) is 1. The van der Waals surface area contributed by atoms with Crippen molar-refractivity contribution in [3.63, 3.8) is 0 Å². The van der Waals surface area contributed by atoms with E-state index in [1.807, 2.05) is 6.92 Å². The standard InChI is InChI=1S/C19H21ClN2O5/c1-12-7-14(5-6-15(12)20)27-11-18(23)22-21-10-13-8-16(24-2)19(26-4)17(9-13)25-3/h5-10H,11H2,1-4H3,(H,22,23). The first-order valence-corrected chi connectivity index (χ1v) is 8.37. The fraction of sp³-hybridized carbons (Fsp3) is 0.263. The lowest BCUT2D eigenvalue weighted by molar-refractivity contribution is -0.123. The number of aryl methyl sites for hydroxylation is 1. The van der Waals surface area contributed by atoms with E-state index in [2.05, 4.69) is 10.5 Å². The van der Waals surface area contributed by atoms with Crippen molar-refractivity contribution in [2.24, 2.45) is 5.10 Å². The summed E-state index contributed by atoms with van der Waals surface area (Å²) in [5.41, 5.74) is 3.93. The first-order chi connectivity index (χ1) is 13.0. The van der Waals surface area contributed by atoms with Crippen molar-refractivity contribution in [1.29, 1.82) is 0 Å². The largest absolute Gasteiger partial charge is 0.493 e. The topological polar surface area (TPSA) is 78.4 Å². The summed E-state index contributed by atoms with van der Waals surface area (Å²) in [5, 5.41) is 4.55. The fourth-order valence-corrected chi connectivity index (χ4v) is 2.36. The maximum absolute atomic E-state index is 11.9. The first-order valence-electron chi connectivity index (χ1n) is 7.99. The molecule has 0 heterocycles. The minimum atomic E-state index is -0.397. The maximum atomic E-state index is 11.9. The third-order valence-corrected chi connectivity index (χ3v) is 4.01. The number of hydrogen-bond acceptors (Lipinski definition) is 6. The number of hydrogen-bond donors (Lipinski definition) is 1. The van der Waals surface area contributed by atoms with Crippen molar-refractivity contribution >= 4 is 23.7 Å². The van der Waals surface area contributed by atoms with E-state index < -0.39 is 5.91 Å². The third kappa shape index (κ3) is 5.52. The van der Waals surface area contributed by atoms with Crippen LogP contribution < -0.4 is 24.4 Å². The zero-order valence-electron chi connectivity index (χ0n) is 15.5. The van der Waals surface area contributed by atoms with Crippen molar-refractivity contribution in [2.45, 2.75) is 6.92 Å².